The topological polar surface area (TPSA) is 68.3 Å². The molecule has 0 unspecified atom stereocenters. The second-order valence-corrected chi connectivity index (χ2v) is 7.35. The van der Waals surface area contributed by atoms with Gasteiger partial charge in [-0.1, -0.05) is 53.0 Å². The zero-order valence-corrected chi connectivity index (χ0v) is 16.6. The van der Waals surface area contributed by atoms with Gasteiger partial charge < -0.3 is 4.74 Å². The van der Waals surface area contributed by atoms with E-state index in [2.05, 4.69) is 10.3 Å². The quantitative estimate of drug-likeness (QED) is 0.526. The van der Waals surface area contributed by atoms with Crippen molar-refractivity contribution < 1.29 is 14.3 Å². The van der Waals surface area contributed by atoms with Crippen LogP contribution < -0.4 is 5.32 Å². The number of hydrogen-bond acceptors (Lipinski definition) is 5. The number of carbonyl (C=O) groups excluding carboxylic acids is 2. The molecule has 3 aromatic rings. The lowest BCUT2D eigenvalue weighted by Crippen LogP contribution is -2.20. The molecule has 0 aliphatic rings. The normalized spacial score (nSPS) is 10.5. The highest BCUT2D eigenvalue weighted by Gasteiger charge is 2.14. The van der Waals surface area contributed by atoms with Crippen molar-refractivity contribution in [3.63, 3.8) is 0 Å². The Morgan fingerprint density at radius 2 is 1.81 bits per heavy atom. The second-order valence-electron chi connectivity index (χ2n) is 5.27. The van der Waals surface area contributed by atoms with Crippen molar-refractivity contribution >= 4 is 63.1 Å². The van der Waals surface area contributed by atoms with Crippen molar-refractivity contribution in [2.24, 2.45) is 0 Å². The number of aromatic nitrogens is 1. The third-order valence-electron chi connectivity index (χ3n) is 3.39. The number of anilines is 1. The first-order valence-corrected chi connectivity index (χ1v) is 9.58. The molecule has 27 heavy (non-hydrogen) atoms. The number of nitrogens with one attached hydrogen (secondary N) is 1. The first kappa shape index (κ1) is 19.6. The molecule has 0 atom stereocenters. The minimum absolute atomic E-state index is 0.201. The Kier molecular flexibility index (Phi) is 6.34. The van der Waals surface area contributed by atoms with Crippen molar-refractivity contribution in [2.75, 3.05) is 11.9 Å². The molecule has 0 spiro atoms. The molecular formula is C18H11Cl3N2O3S. The second kappa shape index (κ2) is 8.71. The van der Waals surface area contributed by atoms with E-state index in [0.29, 0.717) is 20.9 Å². The summed E-state index contributed by atoms with van der Waals surface area (Å²) in [7, 11) is 0. The summed E-state index contributed by atoms with van der Waals surface area (Å²) in [4.78, 5) is 28.3. The summed E-state index contributed by atoms with van der Waals surface area (Å²) >= 11 is 19.0. The summed E-state index contributed by atoms with van der Waals surface area (Å²) in [6.45, 7) is -0.458. The van der Waals surface area contributed by atoms with Crippen LogP contribution in [-0.4, -0.2) is 23.5 Å². The lowest BCUT2D eigenvalue weighted by Gasteiger charge is -2.05. The molecule has 0 aliphatic carbocycles. The van der Waals surface area contributed by atoms with Gasteiger partial charge in [-0.15, -0.1) is 11.3 Å². The molecule has 0 fully saturated rings. The lowest BCUT2D eigenvalue weighted by molar-refractivity contribution is -0.119. The zero-order valence-electron chi connectivity index (χ0n) is 13.5. The Balaban J connectivity index is 1.57. The van der Waals surface area contributed by atoms with Crippen LogP contribution in [0.3, 0.4) is 0 Å². The Hall–Kier alpha value is -2.12. The molecule has 3 rings (SSSR count). The highest BCUT2D eigenvalue weighted by atomic mass is 35.5. The number of benzene rings is 2. The average molecular weight is 442 g/mol. The average Bonchev–Trinajstić information content (AvgIpc) is 3.10. The fraction of sp³-hybridized carbons (Fsp3) is 0.0556. The first-order valence-electron chi connectivity index (χ1n) is 7.56. The smallest absolute Gasteiger partial charge is 0.338 e. The van der Waals surface area contributed by atoms with E-state index in [1.54, 1.807) is 11.4 Å². The molecule has 1 aromatic heterocycles. The van der Waals surface area contributed by atoms with Crippen LogP contribution in [-0.2, 0) is 9.53 Å². The maximum Gasteiger partial charge on any atom is 0.338 e. The Morgan fingerprint density at radius 1 is 1.04 bits per heavy atom. The molecule has 0 saturated heterocycles. The van der Waals surface area contributed by atoms with E-state index >= 15 is 0 Å². The van der Waals surface area contributed by atoms with Gasteiger partial charge in [0.25, 0.3) is 5.91 Å². The summed E-state index contributed by atoms with van der Waals surface area (Å²) in [5.41, 5.74) is 1.61. The van der Waals surface area contributed by atoms with Crippen LogP contribution in [0.2, 0.25) is 15.1 Å². The van der Waals surface area contributed by atoms with Gasteiger partial charge in [-0.25, -0.2) is 9.78 Å². The molecule has 2 aromatic carbocycles. The number of hydrogen-bond donors (Lipinski definition) is 1. The molecular weight excluding hydrogens is 431 g/mol. The van der Waals surface area contributed by atoms with E-state index in [4.69, 9.17) is 39.5 Å². The lowest BCUT2D eigenvalue weighted by atomic mass is 10.2. The van der Waals surface area contributed by atoms with E-state index in [9.17, 15) is 9.59 Å². The van der Waals surface area contributed by atoms with Crippen LogP contribution in [0, 0.1) is 0 Å². The molecule has 0 saturated carbocycles. The molecule has 0 bridgehead atoms. The Bertz CT molecular complexity index is 1010. The zero-order chi connectivity index (χ0) is 19.4. The largest absolute Gasteiger partial charge is 0.452 e. The van der Waals surface area contributed by atoms with Crippen LogP contribution in [0.1, 0.15) is 10.4 Å². The highest BCUT2D eigenvalue weighted by molar-refractivity contribution is 7.14. The molecule has 1 amide bonds. The molecule has 138 valence electrons. The van der Waals surface area contributed by atoms with Gasteiger partial charge in [0, 0.05) is 16.0 Å². The van der Waals surface area contributed by atoms with E-state index in [-0.39, 0.29) is 10.6 Å². The fourth-order valence-electron chi connectivity index (χ4n) is 2.12. The Labute approximate surface area is 173 Å². The standard InChI is InChI=1S/C18H11Cl3N2O3S/c19-12-4-2-1-3-11(12)15-9-27-18(22-15)23-16(24)8-26-17(25)10-5-6-13(20)14(21)7-10/h1-7,9H,8H2,(H,22,23,24). The first-order chi connectivity index (χ1) is 12.9. The third-order valence-corrected chi connectivity index (χ3v) is 5.22. The highest BCUT2D eigenvalue weighted by Crippen LogP contribution is 2.30. The number of ether oxygens (including phenoxy) is 1. The van der Waals surface area contributed by atoms with Gasteiger partial charge >= 0.3 is 5.97 Å². The molecule has 0 aliphatic heterocycles. The van der Waals surface area contributed by atoms with Crippen molar-refractivity contribution in [1.82, 2.24) is 4.98 Å². The van der Waals surface area contributed by atoms with Gasteiger partial charge in [-0.2, -0.15) is 0 Å². The number of amides is 1. The predicted octanol–water partition coefficient (Wildman–Crippen LogP) is 5.57. The molecule has 9 heteroatoms. The van der Waals surface area contributed by atoms with Gasteiger partial charge in [0.2, 0.25) is 0 Å². The monoisotopic (exact) mass is 440 g/mol. The minimum atomic E-state index is -0.681. The number of rotatable bonds is 5. The minimum Gasteiger partial charge on any atom is -0.452 e. The van der Waals surface area contributed by atoms with E-state index in [0.717, 1.165) is 5.56 Å². The van der Waals surface area contributed by atoms with Crippen LogP contribution in [0.4, 0.5) is 5.13 Å². The summed E-state index contributed by atoms with van der Waals surface area (Å²) in [5, 5.41) is 5.85. The number of halogens is 3. The van der Waals surface area contributed by atoms with E-state index in [1.807, 2.05) is 18.2 Å². The Morgan fingerprint density at radius 3 is 2.56 bits per heavy atom. The summed E-state index contributed by atoms with van der Waals surface area (Å²) in [6, 6.07) is 11.6. The molecule has 0 radical (unpaired) electrons. The van der Waals surface area contributed by atoms with Gasteiger partial charge in [-0.05, 0) is 24.3 Å². The number of carbonyl (C=O) groups is 2. The molecule has 1 heterocycles. The summed E-state index contributed by atoms with van der Waals surface area (Å²) < 4.78 is 4.97. The van der Waals surface area contributed by atoms with Crippen molar-refractivity contribution in [3.05, 3.63) is 68.5 Å². The SMILES string of the molecule is O=C(COC(=O)c1ccc(Cl)c(Cl)c1)Nc1nc(-c2ccccc2Cl)cs1. The molecule has 1 N–H and O–H groups in total. The molecule has 5 nitrogen and oxygen atoms in total. The summed E-state index contributed by atoms with van der Waals surface area (Å²) in [6.07, 6.45) is 0. The van der Waals surface area contributed by atoms with Gasteiger partial charge in [0.15, 0.2) is 11.7 Å². The van der Waals surface area contributed by atoms with Crippen LogP contribution >= 0.6 is 46.1 Å². The van der Waals surface area contributed by atoms with Crippen molar-refractivity contribution in [1.29, 1.82) is 0 Å². The van der Waals surface area contributed by atoms with Crippen molar-refractivity contribution in [2.45, 2.75) is 0 Å². The predicted molar refractivity (Wildman–Crippen MR) is 108 cm³/mol. The van der Waals surface area contributed by atoms with Crippen LogP contribution in [0.5, 0.6) is 0 Å². The maximum absolute atomic E-state index is 12.0. The number of thiazole rings is 1. The van der Waals surface area contributed by atoms with Gasteiger partial charge in [0.05, 0.1) is 21.3 Å². The van der Waals surface area contributed by atoms with Crippen molar-refractivity contribution in [3.8, 4) is 11.3 Å². The fourth-order valence-corrected chi connectivity index (χ4v) is 3.37. The number of esters is 1. The van der Waals surface area contributed by atoms with Crippen LogP contribution in [0.15, 0.2) is 47.8 Å². The van der Waals surface area contributed by atoms with E-state index in [1.165, 1.54) is 29.5 Å². The van der Waals surface area contributed by atoms with E-state index < -0.39 is 18.5 Å². The summed E-state index contributed by atoms with van der Waals surface area (Å²) in [5.74, 6) is -1.19. The third kappa shape index (κ3) is 4.99. The number of nitrogens with zero attached hydrogens (tertiary/aromatic N) is 1. The van der Waals surface area contributed by atoms with Crippen LogP contribution in [0.25, 0.3) is 11.3 Å². The van der Waals surface area contributed by atoms with Gasteiger partial charge in [-0.3, -0.25) is 10.1 Å². The van der Waals surface area contributed by atoms with Gasteiger partial charge in [0.1, 0.15) is 0 Å². The maximum atomic E-state index is 12.0.